The predicted octanol–water partition coefficient (Wildman–Crippen LogP) is 2.62. The maximum absolute atomic E-state index is 10.0. The summed E-state index contributed by atoms with van der Waals surface area (Å²) in [5.41, 5.74) is 1.76. The Morgan fingerprint density at radius 2 is 1.88 bits per heavy atom. The van der Waals surface area contributed by atoms with Gasteiger partial charge in [0.25, 0.3) is 0 Å². The van der Waals surface area contributed by atoms with E-state index < -0.39 is 6.10 Å². The minimum Gasteiger partial charge on any atom is -0.382 e. The number of hydrogen-bond acceptors (Lipinski definition) is 2. The van der Waals surface area contributed by atoms with E-state index in [1.807, 2.05) is 6.07 Å². The molecule has 1 aromatic carbocycles. The van der Waals surface area contributed by atoms with Crippen LogP contribution in [0.2, 0.25) is 5.02 Å². The number of aliphatic hydroxyl groups excluding tert-OH is 1. The summed E-state index contributed by atoms with van der Waals surface area (Å²) in [7, 11) is 0. The molecular formula is C12H9ClN2O. The molecule has 0 spiro atoms. The molecule has 0 aliphatic rings. The fourth-order valence-electron chi connectivity index (χ4n) is 1.46. The fraction of sp³-hybridized carbons (Fsp3) is 0.0833. The average molecular weight is 233 g/mol. The molecule has 0 aliphatic heterocycles. The number of aromatic nitrogens is 1. The van der Waals surface area contributed by atoms with Crippen molar-refractivity contribution >= 4 is 11.6 Å². The summed E-state index contributed by atoms with van der Waals surface area (Å²) in [6.07, 6.45) is -0.764. The number of H-pyrrole nitrogens is 1. The first kappa shape index (κ1) is 10.7. The summed E-state index contributed by atoms with van der Waals surface area (Å²) in [6.45, 7) is 0. The molecule has 1 aromatic heterocycles. The van der Waals surface area contributed by atoms with Crippen LogP contribution in [0.3, 0.4) is 0 Å². The lowest BCUT2D eigenvalue weighted by Crippen LogP contribution is -1.99. The Labute approximate surface area is 97.9 Å². The van der Waals surface area contributed by atoms with E-state index in [0.29, 0.717) is 16.4 Å². The molecule has 2 rings (SSSR count). The van der Waals surface area contributed by atoms with Gasteiger partial charge in [0.1, 0.15) is 17.9 Å². The van der Waals surface area contributed by atoms with Crippen molar-refractivity contribution in [3.63, 3.8) is 0 Å². The first-order chi connectivity index (χ1) is 7.70. The van der Waals surface area contributed by atoms with Gasteiger partial charge >= 0.3 is 0 Å². The highest BCUT2D eigenvalue weighted by Crippen LogP contribution is 2.22. The van der Waals surface area contributed by atoms with Gasteiger partial charge in [0.2, 0.25) is 0 Å². The quantitative estimate of drug-likeness (QED) is 0.836. The van der Waals surface area contributed by atoms with Crippen LogP contribution in [0.1, 0.15) is 23.1 Å². The zero-order valence-corrected chi connectivity index (χ0v) is 9.07. The maximum Gasteiger partial charge on any atom is 0.119 e. The predicted molar refractivity (Wildman–Crippen MR) is 61.0 cm³/mol. The van der Waals surface area contributed by atoms with Crippen LogP contribution in [0.25, 0.3) is 0 Å². The third-order valence-corrected chi connectivity index (χ3v) is 2.56. The molecule has 0 amide bonds. The molecule has 0 saturated carbocycles. The zero-order valence-electron chi connectivity index (χ0n) is 8.31. The van der Waals surface area contributed by atoms with E-state index in [1.165, 1.54) is 0 Å². The van der Waals surface area contributed by atoms with Crippen molar-refractivity contribution in [1.82, 2.24) is 4.98 Å². The normalized spacial score (nSPS) is 12.1. The molecule has 0 fully saturated rings. The molecule has 4 heteroatoms. The van der Waals surface area contributed by atoms with Crippen LogP contribution in [0, 0.1) is 11.3 Å². The molecule has 1 heterocycles. The van der Waals surface area contributed by atoms with E-state index in [2.05, 4.69) is 4.98 Å². The van der Waals surface area contributed by atoms with Crippen LogP contribution in [-0.2, 0) is 0 Å². The SMILES string of the molecule is N#Cc1ccc(C(O)c2ccc(Cl)cc2)[nH]1. The summed E-state index contributed by atoms with van der Waals surface area (Å²) in [5, 5.41) is 19.3. The molecule has 1 unspecified atom stereocenters. The van der Waals surface area contributed by atoms with Crippen LogP contribution < -0.4 is 0 Å². The van der Waals surface area contributed by atoms with Crippen molar-refractivity contribution in [2.24, 2.45) is 0 Å². The Balaban J connectivity index is 2.28. The zero-order chi connectivity index (χ0) is 11.5. The molecule has 2 N–H and O–H groups in total. The monoisotopic (exact) mass is 232 g/mol. The van der Waals surface area contributed by atoms with E-state index in [9.17, 15) is 5.11 Å². The number of aliphatic hydroxyl groups is 1. The molecule has 0 saturated heterocycles. The molecule has 3 nitrogen and oxygen atoms in total. The Morgan fingerprint density at radius 3 is 2.44 bits per heavy atom. The lowest BCUT2D eigenvalue weighted by Gasteiger charge is -2.08. The number of nitriles is 1. The number of hydrogen-bond donors (Lipinski definition) is 2. The van der Waals surface area contributed by atoms with Crippen LogP contribution >= 0.6 is 11.6 Å². The third kappa shape index (κ3) is 2.08. The van der Waals surface area contributed by atoms with Gasteiger partial charge in [-0.1, -0.05) is 23.7 Å². The molecule has 1 atom stereocenters. The molecular weight excluding hydrogens is 224 g/mol. The fourth-order valence-corrected chi connectivity index (χ4v) is 1.59. The smallest absolute Gasteiger partial charge is 0.119 e. The summed E-state index contributed by atoms with van der Waals surface area (Å²) in [6, 6.07) is 12.2. The second kappa shape index (κ2) is 4.40. The minimum atomic E-state index is -0.764. The number of nitrogens with one attached hydrogen (secondary N) is 1. The summed E-state index contributed by atoms with van der Waals surface area (Å²) < 4.78 is 0. The van der Waals surface area contributed by atoms with Crippen molar-refractivity contribution in [2.75, 3.05) is 0 Å². The van der Waals surface area contributed by atoms with Crippen LogP contribution in [0.4, 0.5) is 0 Å². The highest BCUT2D eigenvalue weighted by Gasteiger charge is 2.11. The summed E-state index contributed by atoms with van der Waals surface area (Å²) >= 11 is 5.76. The van der Waals surface area contributed by atoms with Crippen molar-refractivity contribution in [1.29, 1.82) is 5.26 Å². The van der Waals surface area contributed by atoms with E-state index in [0.717, 1.165) is 5.56 Å². The lowest BCUT2D eigenvalue weighted by atomic mass is 10.1. The highest BCUT2D eigenvalue weighted by molar-refractivity contribution is 6.30. The summed E-state index contributed by atoms with van der Waals surface area (Å²) in [4.78, 5) is 2.83. The molecule has 0 radical (unpaired) electrons. The van der Waals surface area contributed by atoms with E-state index in [-0.39, 0.29) is 0 Å². The topological polar surface area (TPSA) is 59.8 Å². The first-order valence-electron chi connectivity index (χ1n) is 4.73. The van der Waals surface area contributed by atoms with Crippen LogP contribution in [0.15, 0.2) is 36.4 Å². The average Bonchev–Trinajstić information content (AvgIpc) is 2.77. The Bertz CT molecular complexity index is 525. The van der Waals surface area contributed by atoms with Crippen LogP contribution in [0.5, 0.6) is 0 Å². The van der Waals surface area contributed by atoms with E-state index in [4.69, 9.17) is 16.9 Å². The van der Waals surface area contributed by atoms with Gasteiger partial charge < -0.3 is 10.1 Å². The third-order valence-electron chi connectivity index (χ3n) is 2.31. The number of nitrogens with zero attached hydrogens (tertiary/aromatic N) is 1. The second-order valence-corrected chi connectivity index (χ2v) is 3.83. The molecule has 16 heavy (non-hydrogen) atoms. The number of benzene rings is 1. The molecule has 2 aromatic rings. The van der Waals surface area contributed by atoms with Crippen LogP contribution in [-0.4, -0.2) is 10.1 Å². The molecule has 0 aliphatic carbocycles. The Morgan fingerprint density at radius 1 is 1.19 bits per heavy atom. The van der Waals surface area contributed by atoms with Gasteiger partial charge in [-0.2, -0.15) is 5.26 Å². The first-order valence-corrected chi connectivity index (χ1v) is 5.11. The highest BCUT2D eigenvalue weighted by atomic mass is 35.5. The van der Waals surface area contributed by atoms with Gasteiger partial charge in [-0.15, -0.1) is 0 Å². The number of aromatic amines is 1. The minimum absolute atomic E-state index is 0.433. The lowest BCUT2D eigenvalue weighted by molar-refractivity contribution is 0.216. The van der Waals surface area contributed by atoms with Gasteiger partial charge in [-0.25, -0.2) is 0 Å². The number of halogens is 1. The van der Waals surface area contributed by atoms with Gasteiger partial charge in [0.15, 0.2) is 0 Å². The molecule has 0 bridgehead atoms. The largest absolute Gasteiger partial charge is 0.382 e. The van der Waals surface area contributed by atoms with Crippen molar-refractivity contribution in [3.8, 4) is 6.07 Å². The van der Waals surface area contributed by atoms with Crippen molar-refractivity contribution in [3.05, 3.63) is 58.4 Å². The standard InChI is InChI=1S/C12H9ClN2O/c13-9-3-1-8(2-4-9)12(16)11-6-5-10(7-14)15-11/h1-6,12,15-16H. The number of rotatable bonds is 2. The van der Waals surface area contributed by atoms with Gasteiger partial charge in [0, 0.05) is 10.7 Å². The van der Waals surface area contributed by atoms with Crippen molar-refractivity contribution < 1.29 is 5.11 Å². The molecule has 80 valence electrons. The van der Waals surface area contributed by atoms with Gasteiger partial charge in [-0.05, 0) is 29.8 Å². The van der Waals surface area contributed by atoms with Gasteiger partial charge in [0.05, 0.1) is 0 Å². The van der Waals surface area contributed by atoms with Gasteiger partial charge in [-0.3, -0.25) is 0 Å². The van der Waals surface area contributed by atoms with E-state index in [1.54, 1.807) is 36.4 Å². The Hall–Kier alpha value is -1.76. The maximum atomic E-state index is 10.0. The Kier molecular flexibility index (Phi) is 2.95. The van der Waals surface area contributed by atoms with Crippen molar-refractivity contribution in [2.45, 2.75) is 6.10 Å². The summed E-state index contributed by atoms with van der Waals surface area (Å²) in [5.74, 6) is 0. The van der Waals surface area contributed by atoms with E-state index >= 15 is 0 Å². The second-order valence-electron chi connectivity index (χ2n) is 3.39.